The molecule has 2 heterocycles. The van der Waals surface area contributed by atoms with Crippen LogP contribution in [0.3, 0.4) is 0 Å². The van der Waals surface area contributed by atoms with Crippen LogP contribution >= 0.6 is 11.3 Å². The zero-order valence-electron chi connectivity index (χ0n) is 12.5. The van der Waals surface area contributed by atoms with Crippen molar-refractivity contribution in [3.05, 3.63) is 4.88 Å². The summed E-state index contributed by atoms with van der Waals surface area (Å²) in [4.78, 5) is 17.4. The summed E-state index contributed by atoms with van der Waals surface area (Å²) in [7, 11) is 3.73. The SMILES string of the molecule is COc1c(N2CCN(C)CC2)sc(C(=O)NC2CC2)c1N. The number of ether oxygens (including phenoxy) is 1. The van der Waals surface area contributed by atoms with E-state index in [9.17, 15) is 4.79 Å². The number of nitrogen functional groups attached to an aromatic ring is 1. The molecule has 2 aliphatic rings. The van der Waals surface area contributed by atoms with E-state index in [0.29, 0.717) is 22.4 Å². The van der Waals surface area contributed by atoms with Crippen molar-refractivity contribution >= 4 is 27.9 Å². The van der Waals surface area contributed by atoms with Gasteiger partial charge in [-0.25, -0.2) is 0 Å². The lowest BCUT2D eigenvalue weighted by atomic mass is 10.3. The van der Waals surface area contributed by atoms with Gasteiger partial charge in [-0.15, -0.1) is 11.3 Å². The minimum atomic E-state index is -0.0707. The molecule has 1 amide bonds. The highest BCUT2D eigenvalue weighted by Crippen LogP contribution is 2.45. The number of nitrogens with two attached hydrogens (primary N) is 1. The molecule has 1 aromatic heterocycles. The highest BCUT2D eigenvalue weighted by molar-refractivity contribution is 7.19. The van der Waals surface area contributed by atoms with E-state index in [1.165, 1.54) is 11.3 Å². The number of methoxy groups -OCH3 is 1. The largest absolute Gasteiger partial charge is 0.492 e. The van der Waals surface area contributed by atoms with Crippen LogP contribution in [0.2, 0.25) is 0 Å². The second-order valence-electron chi connectivity index (χ2n) is 5.72. The van der Waals surface area contributed by atoms with Gasteiger partial charge in [0.1, 0.15) is 15.6 Å². The van der Waals surface area contributed by atoms with E-state index < -0.39 is 0 Å². The Balaban J connectivity index is 1.83. The van der Waals surface area contributed by atoms with Gasteiger partial charge in [0.15, 0.2) is 5.75 Å². The van der Waals surface area contributed by atoms with Gasteiger partial charge in [0, 0.05) is 32.2 Å². The fourth-order valence-electron chi connectivity index (χ4n) is 2.48. The van der Waals surface area contributed by atoms with Crippen LogP contribution in [0.1, 0.15) is 22.5 Å². The van der Waals surface area contributed by atoms with Crippen LogP contribution in [-0.4, -0.2) is 57.2 Å². The van der Waals surface area contributed by atoms with Gasteiger partial charge in [0.05, 0.1) is 7.11 Å². The van der Waals surface area contributed by atoms with Crippen molar-refractivity contribution in [2.45, 2.75) is 18.9 Å². The molecule has 0 spiro atoms. The molecule has 2 fully saturated rings. The Morgan fingerprint density at radius 1 is 1.33 bits per heavy atom. The van der Waals surface area contributed by atoms with Crippen LogP contribution in [0.25, 0.3) is 0 Å². The average molecular weight is 310 g/mol. The molecule has 1 saturated heterocycles. The number of thiophene rings is 1. The van der Waals surface area contributed by atoms with Gasteiger partial charge in [-0.3, -0.25) is 4.79 Å². The lowest BCUT2D eigenvalue weighted by Crippen LogP contribution is -2.44. The fourth-order valence-corrected chi connectivity index (χ4v) is 3.62. The molecular formula is C14H22N4O2S. The molecule has 0 atom stereocenters. The first-order chi connectivity index (χ1) is 10.1. The minimum Gasteiger partial charge on any atom is -0.492 e. The molecule has 0 radical (unpaired) electrons. The van der Waals surface area contributed by atoms with Crippen molar-refractivity contribution in [3.63, 3.8) is 0 Å². The maximum Gasteiger partial charge on any atom is 0.263 e. The number of carbonyl (C=O) groups is 1. The molecule has 1 saturated carbocycles. The molecule has 21 heavy (non-hydrogen) atoms. The first-order valence-corrected chi connectivity index (χ1v) is 8.12. The molecule has 3 rings (SSSR count). The van der Waals surface area contributed by atoms with Crippen molar-refractivity contribution in [2.24, 2.45) is 0 Å². The van der Waals surface area contributed by atoms with Crippen molar-refractivity contribution < 1.29 is 9.53 Å². The highest BCUT2D eigenvalue weighted by atomic mass is 32.1. The van der Waals surface area contributed by atoms with Gasteiger partial charge in [-0.05, 0) is 19.9 Å². The molecule has 0 bridgehead atoms. The Bertz CT molecular complexity index is 533. The Morgan fingerprint density at radius 3 is 2.57 bits per heavy atom. The summed E-state index contributed by atoms with van der Waals surface area (Å²) in [5.41, 5.74) is 6.60. The van der Waals surface area contributed by atoms with Gasteiger partial charge >= 0.3 is 0 Å². The first kappa shape index (κ1) is 14.5. The van der Waals surface area contributed by atoms with Crippen LogP contribution in [-0.2, 0) is 0 Å². The van der Waals surface area contributed by atoms with Gasteiger partial charge in [-0.1, -0.05) is 0 Å². The molecule has 116 valence electrons. The molecule has 6 nitrogen and oxygen atoms in total. The summed E-state index contributed by atoms with van der Waals surface area (Å²) in [6.45, 7) is 3.86. The molecule has 1 aliphatic heterocycles. The summed E-state index contributed by atoms with van der Waals surface area (Å²) in [6.07, 6.45) is 2.14. The van der Waals surface area contributed by atoms with Crippen molar-refractivity contribution in [3.8, 4) is 5.75 Å². The summed E-state index contributed by atoms with van der Waals surface area (Å²) < 4.78 is 5.46. The first-order valence-electron chi connectivity index (χ1n) is 7.30. The van der Waals surface area contributed by atoms with Gasteiger partial charge in [0.2, 0.25) is 0 Å². The Hall–Kier alpha value is -1.47. The number of nitrogens with one attached hydrogen (secondary N) is 1. The van der Waals surface area contributed by atoms with Crippen LogP contribution in [0.4, 0.5) is 10.7 Å². The number of carbonyl (C=O) groups excluding carboxylic acids is 1. The molecule has 3 N–H and O–H groups in total. The number of rotatable bonds is 4. The topological polar surface area (TPSA) is 70.8 Å². The fraction of sp³-hybridized carbons (Fsp3) is 0.643. The number of hydrogen-bond acceptors (Lipinski definition) is 6. The van der Waals surface area contributed by atoms with Gasteiger partial charge in [0.25, 0.3) is 5.91 Å². The van der Waals surface area contributed by atoms with Crippen molar-refractivity contribution in [1.29, 1.82) is 0 Å². The van der Waals surface area contributed by atoms with Crippen molar-refractivity contribution in [1.82, 2.24) is 10.2 Å². The molecular weight excluding hydrogens is 288 g/mol. The van der Waals surface area contributed by atoms with Crippen LogP contribution in [0.5, 0.6) is 5.75 Å². The summed E-state index contributed by atoms with van der Waals surface area (Å²) in [6, 6.07) is 0.331. The molecule has 0 unspecified atom stereocenters. The maximum absolute atomic E-state index is 12.3. The molecule has 1 aromatic rings. The van der Waals surface area contributed by atoms with Crippen LogP contribution in [0, 0.1) is 0 Å². The normalized spacial score (nSPS) is 19.6. The second-order valence-corrected chi connectivity index (χ2v) is 6.72. The summed E-state index contributed by atoms with van der Waals surface area (Å²) in [5, 5.41) is 3.97. The number of nitrogens with zero attached hydrogens (tertiary/aromatic N) is 2. The van der Waals surface area contributed by atoms with Crippen LogP contribution in [0.15, 0.2) is 0 Å². The number of piperazine rings is 1. The quantitative estimate of drug-likeness (QED) is 0.867. The van der Waals surface area contributed by atoms with E-state index >= 15 is 0 Å². The standard InChI is InChI=1S/C14H22N4O2S/c1-17-5-7-18(8-6-17)14-11(20-2)10(15)12(21-14)13(19)16-9-3-4-9/h9H,3-8,15H2,1-2H3,(H,16,19). The molecule has 0 aromatic carbocycles. The van der Waals surface area contributed by atoms with Crippen LogP contribution < -0.4 is 20.7 Å². The van der Waals surface area contributed by atoms with E-state index in [4.69, 9.17) is 10.5 Å². The predicted molar refractivity (Wildman–Crippen MR) is 85.5 cm³/mol. The van der Waals surface area contributed by atoms with E-state index in [1.54, 1.807) is 7.11 Å². The van der Waals surface area contributed by atoms with E-state index in [1.807, 2.05) is 0 Å². The van der Waals surface area contributed by atoms with Gasteiger partial charge < -0.3 is 25.6 Å². The predicted octanol–water partition coefficient (Wildman–Crippen LogP) is 0.983. The number of amides is 1. The summed E-state index contributed by atoms with van der Waals surface area (Å²) in [5.74, 6) is 0.573. The minimum absolute atomic E-state index is 0.0707. The average Bonchev–Trinajstić information content (AvgIpc) is 3.21. The lowest BCUT2D eigenvalue weighted by molar-refractivity contribution is 0.0956. The zero-order chi connectivity index (χ0) is 15.0. The van der Waals surface area contributed by atoms with E-state index in [-0.39, 0.29) is 5.91 Å². The maximum atomic E-state index is 12.3. The molecule has 7 heteroatoms. The third-order valence-corrected chi connectivity index (χ3v) is 5.24. The van der Waals surface area contributed by atoms with Gasteiger partial charge in [-0.2, -0.15) is 0 Å². The number of anilines is 2. The monoisotopic (exact) mass is 310 g/mol. The highest BCUT2D eigenvalue weighted by Gasteiger charge is 2.30. The second kappa shape index (κ2) is 5.73. The lowest BCUT2D eigenvalue weighted by Gasteiger charge is -2.33. The van der Waals surface area contributed by atoms with E-state index in [2.05, 4.69) is 22.2 Å². The Kier molecular flexibility index (Phi) is 3.95. The van der Waals surface area contributed by atoms with E-state index in [0.717, 1.165) is 44.0 Å². The molecule has 1 aliphatic carbocycles. The Labute approximate surface area is 128 Å². The number of hydrogen-bond donors (Lipinski definition) is 2. The summed E-state index contributed by atoms with van der Waals surface area (Å²) >= 11 is 1.44. The number of likely N-dealkylation sites (N-methyl/N-ethyl adjacent to an activating group) is 1. The smallest absolute Gasteiger partial charge is 0.263 e. The van der Waals surface area contributed by atoms with Crippen molar-refractivity contribution in [2.75, 3.05) is 51.0 Å². The zero-order valence-corrected chi connectivity index (χ0v) is 13.3. The third kappa shape index (κ3) is 2.94. The Morgan fingerprint density at radius 2 is 2.00 bits per heavy atom. The third-order valence-electron chi connectivity index (χ3n) is 4.00.